The fourth-order valence-electron chi connectivity index (χ4n) is 2.10. The number of aliphatic imine (C=N–C) groups is 1. The van der Waals surface area contributed by atoms with Crippen LogP contribution in [0.5, 0.6) is 0 Å². The van der Waals surface area contributed by atoms with E-state index in [4.69, 9.17) is 4.74 Å². The predicted octanol–water partition coefficient (Wildman–Crippen LogP) is 3.63. The van der Waals surface area contributed by atoms with Crippen LogP contribution in [0, 0.1) is 11.8 Å². The number of carbonyl (C=O) groups excluding carboxylic acids is 1. The van der Waals surface area contributed by atoms with Crippen molar-refractivity contribution in [2.75, 3.05) is 32.1 Å². The normalized spacial score (nSPS) is 11.3. The number of rotatable bonds is 10. The van der Waals surface area contributed by atoms with E-state index in [2.05, 4.69) is 34.8 Å². The fraction of sp³-hybridized carbons (Fsp3) is 0.600. The highest BCUT2D eigenvalue weighted by molar-refractivity contribution is 14.0. The van der Waals surface area contributed by atoms with Gasteiger partial charge in [0.25, 0.3) is 0 Å². The Morgan fingerprint density at radius 2 is 1.78 bits per heavy atom. The molecule has 0 bridgehead atoms. The molecule has 0 radical (unpaired) electrons. The van der Waals surface area contributed by atoms with Crippen molar-refractivity contribution in [2.45, 2.75) is 40.7 Å². The summed E-state index contributed by atoms with van der Waals surface area (Å²) in [6, 6.07) is 7.82. The van der Waals surface area contributed by atoms with E-state index in [0.29, 0.717) is 12.5 Å². The molecule has 0 atom stereocenters. The molecule has 1 aromatic rings. The molecule has 0 heterocycles. The standard InChI is InChI=1S/C20H34N4O2.HI/c1-15(2)14-26-12-6-11-22-20(21-5)23-13-17-7-9-18(10-8-17)24-19(25)16(3)4;/h7-10,15-16H,6,11-14H2,1-5H3,(H,24,25)(H2,21,22,23);1H. The van der Waals surface area contributed by atoms with Crippen LogP contribution in [0.1, 0.15) is 39.7 Å². The molecule has 3 N–H and O–H groups in total. The number of halogens is 1. The molecule has 1 amide bonds. The minimum Gasteiger partial charge on any atom is -0.381 e. The molecule has 0 aliphatic heterocycles. The van der Waals surface area contributed by atoms with E-state index in [9.17, 15) is 4.79 Å². The van der Waals surface area contributed by atoms with Crippen molar-refractivity contribution in [1.82, 2.24) is 10.6 Å². The Labute approximate surface area is 181 Å². The topological polar surface area (TPSA) is 74.8 Å². The van der Waals surface area contributed by atoms with Gasteiger partial charge >= 0.3 is 0 Å². The Morgan fingerprint density at radius 1 is 1.11 bits per heavy atom. The van der Waals surface area contributed by atoms with E-state index in [-0.39, 0.29) is 35.8 Å². The monoisotopic (exact) mass is 490 g/mol. The summed E-state index contributed by atoms with van der Waals surface area (Å²) in [4.78, 5) is 15.9. The summed E-state index contributed by atoms with van der Waals surface area (Å²) in [5.41, 5.74) is 1.94. The number of hydrogen-bond acceptors (Lipinski definition) is 3. The van der Waals surface area contributed by atoms with Gasteiger partial charge in [-0.05, 0) is 30.0 Å². The number of amides is 1. The zero-order valence-corrected chi connectivity index (χ0v) is 19.5. The van der Waals surface area contributed by atoms with E-state index in [1.54, 1.807) is 7.05 Å². The lowest BCUT2D eigenvalue weighted by molar-refractivity contribution is -0.118. The first-order valence-corrected chi connectivity index (χ1v) is 9.34. The van der Waals surface area contributed by atoms with Crippen molar-refractivity contribution >= 4 is 41.5 Å². The fourth-order valence-corrected chi connectivity index (χ4v) is 2.10. The highest BCUT2D eigenvalue weighted by Gasteiger charge is 2.06. The number of nitrogens with one attached hydrogen (secondary N) is 3. The summed E-state index contributed by atoms with van der Waals surface area (Å²) in [6.45, 7) is 11.1. The van der Waals surface area contributed by atoms with Crippen molar-refractivity contribution in [3.63, 3.8) is 0 Å². The third kappa shape index (κ3) is 11.9. The van der Waals surface area contributed by atoms with Crippen LogP contribution in [0.3, 0.4) is 0 Å². The van der Waals surface area contributed by atoms with Crippen LogP contribution in [0.2, 0.25) is 0 Å². The van der Waals surface area contributed by atoms with Crippen LogP contribution in [0.25, 0.3) is 0 Å². The maximum absolute atomic E-state index is 11.7. The summed E-state index contributed by atoms with van der Waals surface area (Å²) in [6.07, 6.45) is 0.942. The third-order valence-corrected chi connectivity index (χ3v) is 3.64. The Bertz CT molecular complexity index is 560. The van der Waals surface area contributed by atoms with Gasteiger partial charge in [-0.15, -0.1) is 24.0 Å². The Hall–Kier alpha value is -1.35. The second-order valence-electron chi connectivity index (χ2n) is 7.02. The number of nitrogens with zero attached hydrogens (tertiary/aromatic N) is 1. The van der Waals surface area contributed by atoms with Crippen molar-refractivity contribution < 1.29 is 9.53 Å². The number of ether oxygens (including phenoxy) is 1. The Kier molecular flexibility index (Phi) is 13.9. The van der Waals surface area contributed by atoms with E-state index in [0.717, 1.165) is 43.4 Å². The summed E-state index contributed by atoms with van der Waals surface area (Å²) in [5.74, 6) is 1.34. The quantitative estimate of drug-likeness (QED) is 0.203. The van der Waals surface area contributed by atoms with Crippen molar-refractivity contribution in [3.05, 3.63) is 29.8 Å². The van der Waals surface area contributed by atoms with Gasteiger partial charge < -0.3 is 20.7 Å². The molecule has 27 heavy (non-hydrogen) atoms. The van der Waals surface area contributed by atoms with Crippen LogP contribution in [-0.2, 0) is 16.1 Å². The van der Waals surface area contributed by atoms with Gasteiger partial charge in [-0.25, -0.2) is 0 Å². The second kappa shape index (κ2) is 14.7. The second-order valence-corrected chi connectivity index (χ2v) is 7.02. The highest BCUT2D eigenvalue weighted by atomic mass is 127. The lowest BCUT2D eigenvalue weighted by Crippen LogP contribution is -2.37. The van der Waals surface area contributed by atoms with Gasteiger partial charge in [0.1, 0.15) is 0 Å². The highest BCUT2D eigenvalue weighted by Crippen LogP contribution is 2.10. The van der Waals surface area contributed by atoms with Gasteiger partial charge in [-0.2, -0.15) is 0 Å². The Morgan fingerprint density at radius 3 is 2.33 bits per heavy atom. The Balaban J connectivity index is 0.00000676. The maximum Gasteiger partial charge on any atom is 0.226 e. The number of benzene rings is 1. The molecule has 0 saturated heterocycles. The molecule has 0 aromatic heterocycles. The van der Waals surface area contributed by atoms with Gasteiger partial charge in [-0.1, -0.05) is 39.8 Å². The number of guanidine groups is 1. The molecule has 1 aromatic carbocycles. The molecule has 1 rings (SSSR count). The first-order valence-electron chi connectivity index (χ1n) is 9.34. The van der Waals surface area contributed by atoms with E-state index < -0.39 is 0 Å². The van der Waals surface area contributed by atoms with Gasteiger partial charge in [0.2, 0.25) is 5.91 Å². The number of anilines is 1. The minimum atomic E-state index is -0.0264. The molecular weight excluding hydrogens is 455 g/mol. The number of hydrogen-bond donors (Lipinski definition) is 3. The van der Waals surface area contributed by atoms with Crippen molar-refractivity contribution in [3.8, 4) is 0 Å². The smallest absolute Gasteiger partial charge is 0.226 e. The molecule has 0 unspecified atom stereocenters. The molecule has 0 fully saturated rings. The van der Waals surface area contributed by atoms with Crippen molar-refractivity contribution in [1.29, 1.82) is 0 Å². The first-order chi connectivity index (χ1) is 12.4. The number of carbonyl (C=O) groups is 1. The largest absolute Gasteiger partial charge is 0.381 e. The molecule has 7 heteroatoms. The summed E-state index contributed by atoms with van der Waals surface area (Å²) >= 11 is 0. The lowest BCUT2D eigenvalue weighted by atomic mass is 10.1. The van der Waals surface area contributed by atoms with E-state index in [1.165, 1.54) is 0 Å². The first kappa shape index (κ1) is 25.6. The van der Waals surface area contributed by atoms with Gasteiger partial charge in [0, 0.05) is 45.0 Å². The van der Waals surface area contributed by atoms with Crippen LogP contribution >= 0.6 is 24.0 Å². The maximum atomic E-state index is 11.7. The lowest BCUT2D eigenvalue weighted by Gasteiger charge is -2.13. The average molecular weight is 490 g/mol. The zero-order chi connectivity index (χ0) is 19.4. The summed E-state index contributed by atoms with van der Waals surface area (Å²) < 4.78 is 5.56. The zero-order valence-electron chi connectivity index (χ0n) is 17.2. The summed E-state index contributed by atoms with van der Waals surface area (Å²) in [7, 11) is 1.76. The summed E-state index contributed by atoms with van der Waals surface area (Å²) in [5, 5.41) is 9.45. The minimum absolute atomic E-state index is 0. The molecule has 0 aliphatic rings. The molecular formula is C20H35IN4O2. The molecule has 0 aliphatic carbocycles. The predicted molar refractivity (Wildman–Crippen MR) is 124 cm³/mol. The van der Waals surface area contributed by atoms with Crippen LogP contribution < -0.4 is 16.0 Å². The van der Waals surface area contributed by atoms with Crippen LogP contribution in [-0.4, -0.2) is 38.7 Å². The van der Waals surface area contributed by atoms with Crippen LogP contribution in [0.15, 0.2) is 29.3 Å². The van der Waals surface area contributed by atoms with Crippen LogP contribution in [0.4, 0.5) is 5.69 Å². The van der Waals surface area contributed by atoms with E-state index >= 15 is 0 Å². The molecule has 0 saturated carbocycles. The molecule has 6 nitrogen and oxygen atoms in total. The van der Waals surface area contributed by atoms with Gasteiger partial charge in [-0.3, -0.25) is 9.79 Å². The van der Waals surface area contributed by atoms with Crippen molar-refractivity contribution in [2.24, 2.45) is 16.8 Å². The van der Waals surface area contributed by atoms with Gasteiger partial charge in [0.05, 0.1) is 0 Å². The SMILES string of the molecule is CN=C(NCCCOCC(C)C)NCc1ccc(NC(=O)C(C)C)cc1.I. The molecule has 154 valence electrons. The van der Waals surface area contributed by atoms with E-state index in [1.807, 2.05) is 38.1 Å². The van der Waals surface area contributed by atoms with Gasteiger partial charge in [0.15, 0.2) is 5.96 Å². The average Bonchev–Trinajstić information content (AvgIpc) is 2.61. The molecule has 0 spiro atoms. The third-order valence-electron chi connectivity index (χ3n) is 3.64.